The lowest BCUT2D eigenvalue weighted by Crippen LogP contribution is -2.51. The number of hydrogen-bond donors (Lipinski definition) is 0. The first-order valence-corrected chi connectivity index (χ1v) is 9.39. The Kier molecular flexibility index (Phi) is 6.51. The molecule has 3 aliphatic rings. The van der Waals surface area contributed by atoms with Gasteiger partial charge in [0, 0.05) is 31.7 Å². The Bertz CT molecular complexity index is 283. The predicted octanol–water partition coefficient (Wildman–Crippen LogP) is 3.46. The van der Waals surface area contributed by atoms with E-state index in [0.29, 0.717) is 0 Å². The van der Waals surface area contributed by atoms with Crippen LogP contribution in [0.4, 0.5) is 0 Å². The summed E-state index contributed by atoms with van der Waals surface area (Å²) in [7, 11) is 0. The van der Waals surface area contributed by atoms with Crippen LogP contribution in [0.15, 0.2) is 0 Å². The summed E-state index contributed by atoms with van der Waals surface area (Å²) in [4.78, 5) is 2.64. The summed E-state index contributed by atoms with van der Waals surface area (Å²) in [6.45, 7) is 17.7. The molecule has 0 aromatic heterocycles. The minimum Gasteiger partial charge on any atom is -0.301 e. The van der Waals surface area contributed by atoms with Gasteiger partial charge in [-0.05, 0) is 64.5 Å². The Labute approximate surface area is 132 Å². The third kappa shape index (κ3) is 4.20. The van der Waals surface area contributed by atoms with Crippen molar-refractivity contribution >= 4 is 0 Å². The van der Waals surface area contributed by atoms with Gasteiger partial charge in [0.05, 0.1) is 0 Å². The maximum atomic E-state index is 2.75. The van der Waals surface area contributed by atoms with Gasteiger partial charge in [-0.3, -0.25) is 0 Å². The van der Waals surface area contributed by atoms with Crippen LogP contribution in [0, 0.1) is 11.8 Å². The summed E-state index contributed by atoms with van der Waals surface area (Å²) < 4.78 is 0. The smallest absolute Gasteiger partial charge is 0.0261 e. The summed E-state index contributed by atoms with van der Waals surface area (Å²) in [5.41, 5.74) is 0. The molecule has 0 radical (unpaired) electrons. The molecular formula is C18H37N3. The largest absolute Gasteiger partial charge is 0.301 e. The first-order valence-electron chi connectivity index (χ1n) is 9.39. The Morgan fingerprint density at radius 1 is 1.00 bits per heavy atom. The van der Waals surface area contributed by atoms with Gasteiger partial charge < -0.3 is 4.90 Å². The van der Waals surface area contributed by atoms with Gasteiger partial charge in [0.25, 0.3) is 0 Å². The normalized spacial score (nSPS) is 34.9. The van der Waals surface area contributed by atoms with Gasteiger partial charge in [-0.2, -0.15) is 0 Å². The van der Waals surface area contributed by atoms with Crippen LogP contribution in [-0.4, -0.2) is 59.7 Å². The van der Waals surface area contributed by atoms with E-state index in [-0.39, 0.29) is 0 Å². The summed E-state index contributed by atoms with van der Waals surface area (Å²) >= 11 is 0. The summed E-state index contributed by atoms with van der Waals surface area (Å²) in [5, 5.41) is 5.41. The Morgan fingerprint density at radius 2 is 1.67 bits per heavy atom. The van der Waals surface area contributed by atoms with Crippen molar-refractivity contribution in [2.24, 2.45) is 11.8 Å². The maximum Gasteiger partial charge on any atom is 0.0261 e. The highest BCUT2D eigenvalue weighted by Gasteiger charge is 2.38. The van der Waals surface area contributed by atoms with Crippen LogP contribution in [0.25, 0.3) is 0 Å². The number of hydrogen-bond acceptors (Lipinski definition) is 3. The first kappa shape index (κ1) is 17.2. The number of nitrogens with zero attached hydrogens (tertiary/aromatic N) is 3. The molecule has 3 heteroatoms. The molecule has 0 aromatic carbocycles. The van der Waals surface area contributed by atoms with E-state index in [1.54, 1.807) is 0 Å². The van der Waals surface area contributed by atoms with Crippen molar-refractivity contribution in [2.75, 3.05) is 32.7 Å². The molecular weight excluding hydrogens is 258 g/mol. The van der Waals surface area contributed by atoms with Crippen molar-refractivity contribution < 1.29 is 0 Å². The lowest BCUT2D eigenvalue weighted by molar-refractivity contribution is -0.0668. The summed E-state index contributed by atoms with van der Waals surface area (Å²) in [5.74, 6) is 1.85. The van der Waals surface area contributed by atoms with Crippen LogP contribution in [-0.2, 0) is 0 Å². The van der Waals surface area contributed by atoms with E-state index in [2.05, 4.69) is 35.7 Å². The van der Waals surface area contributed by atoms with Crippen LogP contribution in [0.3, 0.4) is 0 Å². The summed E-state index contributed by atoms with van der Waals surface area (Å²) in [6, 6.07) is 1.60. The highest BCUT2D eigenvalue weighted by molar-refractivity contribution is 4.88. The molecule has 21 heavy (non-hydrogen) atoms. The van der Waals surface area contributed by atoms with Gasteiger partial charge in [0.2, 0.25) is 0 Å². The minimum absolute atomic E-state index is 0.733. The molecule has 3 unspecified atom stereocenters. The second-order valence-electron chi connectivity index (χ2n) is 7.39. The number of hydrazine groups is 1. The van der Waals surface area contributed by atoms with E-state index >= 15 is 0 Å². The van der Waals surface area contributed by atoms with Gasteiger partial charge in [0.15, 0.2) is 0 Å². The van der Waals surface area contributed by atoms with Gasteiger partial charge in [-0.1, -0.05) is 20.8 Å². The number of rotatable bonds is 3. The van der Waals surface area contributed by atoms with Gasteiger partial charge in [-0.25, -0.2) is 10.0 Å². The SMILES string of the molecule is CC.CC1CC2CCN(C1)N2CC1CCN(C(C)C)CC1. The second-order valence-corrected chi connectivity index (χ2v) is 7.39. The molecule has 3 rings (SSSR count). The molecule has 3 atom stereocenters. The van der Waals surface area contributed by atoms with Crippen LogP contribution in [0.5, 0.6) is 0 Å². The second kappa shape index (κ2) is 7.94. The molecule has 3 nitrogen and oxygen atoms in total. The fraction of sp³-hybridized carbons (Fsp3) is 1.00. The quantitative estimate of drug-likeness (QED) is 0.789. The van der Waals surface area contributed by atoms with Gasteiger partial charge >= 0.3 is 0 Å². The van der Waals surface area contributed by atoms with E-state index < -0.39 is 0 Å². The highest BCUT2D eigenvalue weighted by Crippen LogP contribution is 2.33. The van der Waals surface area contributed by atoms with E-state index in [0.717, 1.165) is 23.9 Å². The molecule has 3 aliphatic heterocycles. The zero-order chi connectivity index (χ0) is 15.4. The van der Waals surface area contributed by atoms with Crippen LogP contribution >= 0.6 is 0 Å². The molecule has 3 heterocycles. The standard InChI is InChI=1S/C16H31N3.C2H6/c1-13(2)17-7-4-15(5-8-17)12-19-16-6-9-18(19)11-14(3)10-16;1-2/h13-16H,4-12H2,1-3H3;1-2H3. The van der Waals surface area contributed by atoms with E-state index in [1.807, 2.05) is 13.8 Å². The monoisotopic (exact) mass is 295 g/mol. The topological polar surface area (TPSA) is 9.72 Å². The molecule has 124 valence electrons. The van der Waals surface area contributed by atoms with Crippen molar-refractivity contribution in [3.63, 3.8) is 0 Å². The lowest BCUT2D eigenvalue weighted by Gasteiger charge is -2.43. The minimum atomic E-state index is 0.733. The van der Waals surface area contributed by atoms with E-state index in [1.165, 1.54) is 58.4 Å². The van der Waals surface area contributed by atoms with Crippen molar-refractivity contribution in [2.45, 2.75) is 72.4 Å². The van der Waals surface area contributed by atoms with E-state index in [4.69, 9.17) is 0 Å². The molecule has 3 fully saturated rings. The third-order valence-electron chi connectivity index (χ3n) is 5.53. The maximum absolute atomic E-state index is 2.75. The molecule has 0 amide bonds. The number of fused-ring (bicyclic) bond motifs is 2. The fourth-order valence-corrected chi connectivity index (χ4v) is 4.32. The van der Waals surface area contributed by atoms with Gasteiger partial charge in [0.1, 0.15) is 0 Å². The van der Waals surface area contributed by atoms with Crippen molar-refractivity contribution in [3.8, 4) is 0 Å². The number of piperidine rings is 1. The molecule has 0 spiro atoms. The molecule has 0 aromatic rings. The molecule has 3 saturated heterocycles. The molecule has 0 aliphatic carbocycles. The van der Waals surface area contributed by atoms with E-state index in [9.17, 15) is 0 Å². The Balaban J connectivity index is 0.000000774. The predicted molar refractivity (Wildman–Crippen MR) is 91.2 cm³/mol. The fourth-order valence-electron chi connectivity index (χ4n) is 4.32. The van der Waals surface area contributed by atoms with Crippen LogP contribution in [0.2, 0.25) is 0 Å². The molecule has 2 bridgehead atoms. The van der Waals surface area contributed by atoms with Crippen molar-refractivity contribution in [3.05, 3.63) is 0 Å². The first-order chi connectivity index (χ1) is 10.1. The average molecular weight is 296 g/mol. The number of likely N-dealkylation sites (tertiary alicyclic amines) is 1. The average Bonchev–Trinajstić information content (AvgIpc) is 2.72. The highest BCUT2D eigenvalue weighted by atomic mass is 15.7. The Hall–Kier alpha value is -0.120. The Morgan fingerprint density at radius 3 is 2.24 bits per heavy atom. The van der Waals surface area contributed by atoms with Crippen molar-refractivity contribution in [1.29, 1.82) is 0 Å². The van der Waals surface area contributed by atoms with Crippen LogP contribution < -0.4 is 0 Å². The molecule has 0 saturated carbocycles. The van der Waals surface area contributed by atoms with Crippen molar-refractivity contribution in [1.82, 2.24) is 14.9 Å². The third-order valence-corrected chi connectivity index (χ3v) is 5.53. The lowest BCUT2D eigenvalue weighted by atomic mass is 9.93. The molecule has 0 N–H and O–H groups in total. The van der Waals surface area contributed by atoms with Gasteiger partial charge in [-0.15, -0.1) is 0 Å². The summed E-state index contributed by atoms with van der Waals surface area (Å²) in [6.07, 6.45) is 5.66. The zero-order valence-electron chi connectivity index (χ0n) is 15.0. The zero-order valence-corrected chi connectivity index (χ0v) is 15.0. The van der Waals surface area contributed by atoms with Crippen LogP contribution in [0.1, 0.15) is 60.3 Å².